The molecule has 1 aliphatic rings. The predicted molar refractivity (Wildman–Crippen MR) is 94.4 cm³/mol. The van der Waals surface area contributed by atoms with Crippen molar-refractivity contribution in [1.82, 2.24) is 15.1 Å². The Hall–Kier alpha value is -3.29. The molecule has 0 saturated heterocycles. The number of nitrogens with zero attached hydrogens (tertiary/aromatic N) is 3. The number of hydrogen-bond acceptors (Lipinski definition) is 7. The highest BCUT2D eigenvalue weighted by atomic mass is 19.1. The first-order valence-electron chi connectivity index (χ1n) is 8.57. The zero-order valence-electron chi connectivity index (χ0n) is 14.6. The van der Waals surface area contributed by atoms with Crippen LogP contribution in [0.3, 0.4) is 0 Å². The molecule has 4 rings (SSSR count). The SMILES string of the molecule is Cc1ccc(-c2noc(COC(=O)c3ccc(NC4CC4)nc3)n2)cc1F. The smallest absolute Gasteiger partial charge is 0.340 e. The minimum atomic E-state index is -0.540. The molecular weight excluding hydrogens is 351 g/mol. The first-order chi connectivity index (χ1) is 13.1. The summed E-state index contributed by atoms with van der Waals surface area (Å²) in [5.41, 5.74) is 1.35. The third-order valence-electron chi connectivity index (χ3n) is 4.15. The molecule has 138 valence electrons. The van der Waals surface area contributed by atoms with Crippen LogP contribution in [0.1, 0.15) is 34.7 Å². The summed E-state index contributed by atoms with van der Waals surface area (Å²) in [5.74, 6) is 0.205. The lowest BCUT2D eigenvalue weighted by molar-refractivity contribution is 0.0429. The first-order valence-corrected chi connectivity index (χ1v) is 8.57. The van der Waals surface area contributed by atoms with Gasteiger partial charge in [0.2, 0.25) is 5.82 Å². The van der Waals surface area contributed by atoms with Crippen LogP contribution in [0.5, 0.6) is 0 Å². The standard InChI is InChI=1S/C19H17FN4O3/c1-11-2-3-12(8-15(11)20)18-23-17(27-24-18)10-26-19(25)13-4-7-16(21-9-13)22-14-5-6-14/h2-4,7-9,14H,5-6,10H2,1H3,(H,21,22). The second kappa shape index (κ2) is 7.14. The number of aryl methyl sites for hydroxylation is 1. The second-order valence-electron chi connectivity index (χ2n) is 6.40. The van der Waals surface area contributed by atoms with Crippen molar-refractivity contribution >= 4 is 11.8 Å². The van der Waals surface area contributed by atoms with Crippen LogP contribution in [0, 0.1) is 12.7 Å². The summed E-state index contributed by atoms with van der Waals surface area (Å²) in [6.45, 7) is 1.49. The summed E-state index contributed by atoms with van der Waals surface area (Å²) < 4.78 is 23.9. The van der Waals surface area contributed by atoms with Crippen molar-refractivity contribution in [1.29, 1.82) is 0 Å². The van der Waals surface area contributed by atoms with Gasteiger partial charge in [0, 0.05) is 17.8 Å². The summed E-state index contributed by atoms with van der Waals surface area (Å²) in [5, 5.41) is 7.03. The van der Waals surface area contributed by atoms with E-state index in [2.05, 4.69) is 20.4 Å². The molecule has 0 atom stereocenters. The number of ether oxygens (including phenoxy) is 1. The number of nitrogens with one attached hydrogen (secondary N) is 1. The number of halogens is 1. The Morgan fingerprint density at radius 3 is 2.89 bits per heavy atom. The summed E-state index contributed by atoms with van der Waals surface area (Å²) >= 11 is 0. The Labute approximate surface area is 154 Å². The van der Waals surface area contributed by atoms with E-state index in [9.17, 15) is 9.18 Å². The van der Waals surface area contributed by atoms with Crippen molar-refractivity contribution in [3.8, 4) is 11.4 Å². The molecule has 0 radical (unpaired) electrons. The van der Waals surface area contributed by atoms with Crippen molar-refractivity contribution in [2.24, 2.45) is 0 Å². The van der Waals surface area contributed by atoms with Gasteiger partial charge in [-0.3, -0.25) is 0 Å². The molecule has 1 aliphatic carbocycles. The molecule has 0 bridgehead atoms. The fourth-order valence-corrected chi connectivity index (χ4v) is 2.41. The van der Waals surface area contributed by atoms with Crippen molar-refractivity contribution in [2.75, 3.05) is 5.32 Å². The lowest BCUT2D eigenvalue weighted by atomic mass is 10.1. The van der Waals surface area contributed by atoms with E-state index in [1.54, 1.807) is 31.2 Å². The van der Waals surface area contributed by atoms with Gasteiger partial charge in [0.25, 0.3) is 5.89 Å². The van der Waals surface area contributed by atoms with Crippen LogP contribution in [-0.4, -0.2) is 27.1 Å². The number of aromatic nitrogens is 3. The highest BCUT2D eigenvalue weighted by molar-refractivity contribution is 5.89. The molecule has 1 N–H and O–H groups in total. The predicted octanol–water partition coefficient (Wildman–Crippen LogP) is 3.51. The van der Waals surface area contributed by atoms with Gasteiger partial charge in [0.05, 0.1) is 5.56 Å². The Morgan fingerprint density at radius 2 is 2.19 bits per heavy atom. The maximum atomic E-state index is 13.6. The number of carbonyl (C=O) groups is 1. The molecule has 2 aromatic heterocycles. The highest BCUT2D eigenvalue weighted by Gasteiger charge is 2.21. The molecule has 1 saturated carbocycles. The van der Waals surface area contributed by atoms with Crippen LogP contribution in [0.15, 0.2) is 41.1 Å². The van der Waals surface area contributed by atoms with Crippen LogP contribution in [-0.2, 0) is 11.3 Å². The largest absolute Gasteiger partial charge is 0.452 e. The van der Waals surface area contributed by atoms with Crippen LogP contribution < -0.4 is 5.32 Å². The summed E-state index contributed by atoms with van der Waals surface area (Å²) in [7, 11) is 0. The maximum Gasteiger partial charge on any atom is 0.340 e. The summed E-state index contributed by atoms with van der Waals surface area (Å²) in [6, 6.07) is 8.54. The highest BCUT2D eigenvalue weighted by Crippen LogP contribution is 2.23. The van der Waals surface area contributed by atoms with E-state index < -0.39 is 5.97 Å². The fraction of sp³-hybridized carbons (Fsp3) is 0.263. The molecule has 0 amide bonds. The van der Waals surface area contributed by atoms with Crippen LogP contribution >= 0.6 is 0 Å². The first kappa shape index (κ1) is 17.1. The van der Waals surface area contributed by atoms with Crippen molar-refractivity contribution in [3.63, 3.8) is 0 Å². The zero-order valence-corrected chi connectivity index (χ0v) is 14.6. The fourth-order valence-electron chi connectivity index (χ4n) is 2.41. The maximum absolute atomic E-state index is 13.6. The van der Waals surface area contributed by atoms with Crippen LogP contribution in [0.25, 0.3) is 11.4 Å². The van der Waals surface area contributed by atoms with Crippen molar-refractivity contribution < 1.29 is 18.4 Å². The van der Waals surface area contributed by atoms with Crippen molar-refractivity contribution in [2.45, 2.75) is 32.4 Å². The number of esters is 1. The second-order valence-corrected chi connectivity index (χ2v) is 6.40. The van der Waals surface area contributed by atoms with Gasteiger partial charge in [-0.05, 0) is 43.5 Å². The lowest BCUT2D eigenvalue weighted by Crippen LogP contribution is -2.07. The number of hydrogen-bond donors (Lipinski definition) is 1. The molecule has 3 aromatic rings. The quantitative estimate of drug-likeness (QED) is 0.666. The molecule has 1 aromatic carbocycles. The van der Waals surface area contributed by atoms with Gasteiger partial charge in [-0.15, -0.1) is 0 Å². The minimum absolute atomic E-state index is 0.124. The molecule has 27 heavy (non-hydrogen) atoms. The Balaban J connectivity index is 1.36. The lowest BCUT2D eigenvalue weighted by Gasteiger charge is -2.05. The number of anilines is 1. The van der Waals surface area contributed by atoms with Crippen molar-refractivity contribution in [3.05, 3.63) is 59.4 Å². The van der Waals surface area contributed by atoms with E-state index in [1.165, 1.54) is 12.3 Å². The third-order valence-corrected chi connectivity index (χ3v) is 4.15. The van der Waals surface area contributed by atoms with Gasteiger partial charge in [-0.25, -0.2) is 14.2 Å². The number of carbonyl (C=O) groups excluding carboxylic acids is 1. The third kappa shape index (κ3) is 4.11. The molecule has 2 heterocycles. The average Bonchev–Trinajstić information content (AvgIpc) is 3.36. The van der Waals surface area contributed by atoms with Crippen LogP contribution in [0.2, 0.25) is 0 Å². The van der Waals surface area contributed by atoms with E-state index in [0.717, 1.165) is 18.7 Å². The molecule has 0 spiro atoms. The Morgan fingerprint density at radius 1 is 1.33 bits per heavy atom. The number of rotatable bonds is 6. The van der Waals surface area contributed by atoms with E-state index in [4.69, 9.17) is 9.26 Å². The van der Waals surface area contributed by atoms with Gasteiger partial charge < -0.3 is 14.6 Å². The Kier molecular flexibility index (Phi) is 4.53. The zero-order chi connectivity index (χ0) is 18.8. The monoisotopic (exact) mass is 368 g/mol. The van der Waals surface area contributed by atoms with E-state index in [-0.39, 0.29) is 24.1 Å². The van der Waals surface area contributed by atoms with E-state index in [0.29, 0.717) is 22.7 Å². The normalized spacial score (nSPS) is 13.4. The number of benzene rings is 1. The van der Waals surface area contributed by atoms with E-state index in [1.807, 2.05) is 0 Å². The Bertz CT molecular complexity index is 967. The van der Waals surface area contributed by atoms with Gasteiger partial charge in [-0.2, -0.15) is 4.98 Å². The summed E-state index contributed by atoms with van der Waals surface area (Å²) in [4.78, 5) is 20.4. The average molecular weight is 368 g/mol. The molecule has 1 fully saturated rings. The topological polar surface area (TPSA) is 90.1 Å². The molecule has 0 aliphatic heterocycles. The molecule has 7 nitrogen and oxygen atoms in total. The molecular formula is C19H17FN4O3. The van der Waals surface area contributed by atoms with Gasteiger partial charge >= 0.3 is 5.97 Å². The van der Waals surface area contributed by atoms with E-state index >= 15 is 0 Å². The van der Waals surface area contributed by atoms with Gasteiger partial charge in [0.15, 0.2) is 6.61 Å². The minimum Gasteiger partial charge on any atom is -0.452 e. The molecule has 8 heteroatoms. The van der Waals surface area contributed by atoms with Gasteiger partial charge in [-0.1, -0.05) is 17.3 Å². The van der Waals surface area contributed by atoms with Crippen LogP contribution in [0.4, 0.5) is 10.2 Å². The number of pyridine rings is 1. The molecule has 0 unspecified atom stereocenters. The summed E-state index contributed by atoms with van der Waals surface area (Å²) in [6.07, 6.45) is 3.75. The van der Waals surface area contributed by atoms with Gasteiger partial charge in [0.1, 0.15) is 11.6 Å².